The fourth-order valence-corrected chi connectivity index (χ4v) is 4.77. The van der Waals surface area contributed by atoms with Crippen LogP contribution in [0.3, 0.4) is 0 Å². The summed E-state index contributed by atoms with van der Waals surface area (Å²) in [5.41, 5.74) is 6.19. The average molecular weight is 511 g/mol. The van der Waals surface area contributed by atoms with Crippen molar-refractivity contribution in [3.8, 4) is 11.5 Å². The number of ether oxygens (including phenoxy) is 2. The monoisotopic (exact) mass is 510 g/mol. The number of benzene rings is 2. The maximum Gasteiger partial charge on any atom is 0.573 e. The predicted molar refractivity (Wildman–Crippen MR) is 126 cm³/mol. The number of rotatable bonds is 8. The number of aromatic nitrogens is 1. The quantitative estimate of drug-likeness (QED) is 0.480. The number of hydrogen-bond acceptors (Lipinski definition) is 8. The van der Waals surface area contributed by atoms with E-state index in [2.05, 4.69) is 14.6 Å². The highest BCUT2D eigenvalue weighted by Crippen LogP contribution is 2.31. The standard InChI is InChI=1S/C23H25F3N4O4S/c1-14-28-19-11-17(3-5-21(19)35-14)33-13-16(31)12-29-6-8-30(9-7-29)15-2-4-18(22(27)32)20(10-15)34-23(24,25)26/h2-5,10-11,16,31H,6-9,12-13H2,1H3,(H2,27,32). The van der Waals surface area contributed by atoms with Crippen molar-refractivity contribution in [2.45, 2.75) is 19.4 Å². The Morgan fingerprint density at radius 1 is 1.20 bits per heavy atom. The van der Waals surface area contributed by atoms with Gasteiger partial charge in [-0.3, -0.25) is 9.69 Å². The normalized spacial score (nSPS) is 15.9. The lowest BCUT2D eigenvalue weighted by Gasteiger charge is -2.37. The van der Waals surface area contributed by atoms with Crippen molar-refractivity contribution in [1.29, 1.82) is 0 Å². The van der Waals surface area contributed by atoms with Gasteiger partial charge in [-0.05, 0) is 31.2 Å². The number of halogens is 3. The number of amides is 1. The smallest absolute Gasteiger partial charge is 0.491 e. The van der Waals surface area contributed by atoms with E-state index in [-0.39, 0.29) is 12.2 Å². The molecule has 1 aromatic heterocycles. The van der Waals surface area contributed by atoms with Gasteiger partial charge in [0.25, 0.3) is 5.91 Å². The molecule has 0 aliphatic carbocycles. The number of alkyl halides is 3. The number of anilines is 1. The Bertz CT molecular complexity index is 1200. The van der Waals surface area contributed by atoms with E-state index in [1.54, 1.807) is 17.4 Å². The van der Waals surface area contributed by atoms with Gasteiger partial charge in [0.1, 0.15) is 24.2 Å². The number of fused-ring (bicyclic) bond motifs is 1. The molecule has 4 rings (SSSR count). The summed E-state index contributed by atoms with van der Waals surface area (Å²) in [6.45, 7) is 4.70. The zero-order chi connectivity index (χ0) is 25.2. The average Bonchev–Trinajstić information content (AvgIpc) is 3.16. The highest BCUT2D eigenvalue weighted by molar-refractivity contribution is 7.18. The Balaban J connectivity index is 1.29. The Kier molecular flexibility index (Phi) is 7.33. The van der Waals surface area contributed by atoms with E-state index >= 15 is 0 Å². The van der Waals surface area contributed by atoms with Gasteiger partial charge in [-0.25, -0.2) is 4.98 Å². The zero-order valence-electron chi connectivity index (χ0n) is 18.9. The van der Waals surface area contributed by atoms with Crippen molar-refractivity contribution in [3.63, 3.8) is 0 Å². The second kappa shape index (κ2) is 10.3. The molecule has 35 heavy (non-hydrogen) atoms. The lowest BCUT2D eigenvalue weighted by molar-refractivity contribution is -0.274. The van der Waals surface area contributed by atoms with Gasteiger partial charge >= 0.3 is 6.36 Å². The number of aryl methyl sites for hydroxylation is 1. The second-order valence-electron chi connectivity index (χ2n) is 8.21. The molecule has 3 aromatic rings. The van der Waals surface area contributed by atoms with Crippen molar-refractivity contribution >= 4 is 33.1 Å². The van der Waals surface area contributed by atoms with E-state index in [4.69, 9.17) is 10.5 Å². The van der Waals surface area contributed by atoms with E-state index in [0.717, 1.165) is 15.2 Å². The summed E-state index contributed by atoms with van der Waals surface area (Å²) in [6.07, 6.45) is -5.65. The van der Waals surface area contributed by atoms with Gasteiger partial charge in [0.15, 0.2) is 0 Å². The molecule has 2 aromatic carbocycles. The highest BCUT2D eigenvalue weighted by atomic mass is 32.1. The zero-order valence-corrected chi connectivity index (χ0v) is 19.7. The molecule has 0 spiro atoms. The summed E-state index contributed by atoms with van der Waals surface area (Å²) >= 11 is 1.61. The molecule has 1 amide bonds. The Morgan fingerprint density at radius 2 is 1.94 bits per heavy atom. The van der Waals surface area contributed by atoms with Crippen LogP contribution in [0.25, 0.3) is 10.2 Å². The summed E-state index contributed by atoms with van der Waals surface area (Å²) < 4.78 is 49.0. The number of aliphatic hydroxyl groups is 1. The van der Waals surface area contributed by atoms with E-state index in [9.17, 15) is 23.1 Å². The van der Waals surface area contributed by atoms with Crippen LogP contribution in [0.2, 0.25) is 0 Å². The number of primary amides is 1. The highest BCUT2D eigenvalue weighted by Gasteiger charge is 2.33. The SMILES string of the molecule is Cc1nc2cc(OCC(O)CN3CCN(c4ccc(C(N)=O)c(OC(F)(F)F)c4)CC3)ccc2s1. The van der Waals surface area contributed by atoms with Crippen LogP contribution in [-0.2, 0) is 0 Å². The lowest BCUT2D eigenvalue weighted by Crippen LogP contribution is -2.49. The first-order valence-corrected chi connectivity index (χ1v) is 11.7. The van der Waals surface area contributed by atoms with Gasteiger partial charge in [0.05, 0.1) is 20.8 Å². The number of hydrogen-bond donors (Lipinski definition) is 2. The molecule has 1 unspecified atom stereocenters. The van der Waals surface area contributed by atoms with Crippen LogP contribution < -0.4 is 20.1 Å². The number of carbonyl (C=O) groups excluding carboxylic acids is 1. The van der Waals surface area contributed by atoms with Crippen LogP contribution in [-0.4, -0.2) is 72.7 Å². The first-order chi connectivity index (χ1) is 16.6. The van der Waals surface area contributed by atoms with E-state index in [1.807, 2.05) is 30.0 Å². The fraction of sp³-hybridized carbons (Fsp3) is 0.391. The fourth-order valence-electron chi connectivity index (χ4n) is 3.96. The summed E-state index contributed by atoms with van der Waals surface area (Å²) in [5, 5.41) is 11.4. The topological polar surface area (TPSA) is 101 Å². The van der Waals surface area contributed by atoms with Gasteiger partial charge in [0.2, 0.25) is 0 Å². The van der Waals surface area contributed by atoms with Gasteiger partial charge < -0.3 is 25.2 Å². The number of carbonyl (C=O) groups is 1. The molecule has 8 nitrogen and oxygen atoms in total. The van der Waals surface area contributed by atoms with Gasteiger partial charge in [-0.1, -0.05) is 0 Å². The van der Waals surface area contributed by atoms with Crippen LogP contribution in [0.4, 0.5) is 18.9 Å². The third-order valence-corrected chi connectivity index (χ3v) is 6.52. The Labute approximate surface area is 203 Å². The molecule has 188 valence electrons. The number of piperazine rings is 1. The molecule has 1 fully saturated rings. The van der Waals surface area contributed by atoms with E-state index < -0.39 is 24.1 Å². The van der Waals surface area contributed by atoms with E-state index in [0.29, 0.717) is 44.2 Å². The third kappa shape index (κ3) is 6.53. The minimum Gasteiger partial charge on any atom is -0.491 e. The molecule has 0 bridgehead atoms. The minimum absolute atomic E-state index is 0.127. The minimum atomic E-state index is -4.94. The molecule has 2 heterocycles. The van der Waals surface area contributed by atoms with Gasteiger partial charge in [-0.2, -0.15) is 0 Å². The van der Waals surface area contributed by atoms with Crippen molar-refractivity contribution in [2.75, 3.05) is 44.2 Å². The van der Waals surface area contributed by atoms with Crippen molar-refractivity contribution in [3.05, 3.63) is 47.0 Å². The first kappa shape index (κ1) is 25.0. The van der Waals surface area contributed by atoms with Crippen molar-refractivity contribution in [2.24, 2.45) is 5.73 Å². The van der Waals surface area contributed by atoms with Gasteiger partial charge in [-0.15, -0.1) is 24.5 Å². The number of nitrogens with two attached hydrogens (primary N) is 1. The third-order valence-electron chi connectivity index (χ3n) is 5.57. The van der Waals surface area contributed by atoms with Gasteiger partial charge in [0, 0.05) is 50.5 Å². The Hall–Kier alpha value is -3.09. The molecule has 3 N–H and O–H groups in total. The number of β-amino-alcohol motifs (C(OH)–C–C–N with tert-alkyl or cyclic N) is 1. The van der Waals surface area contributed by atoms with Crippen LogP contribution in [0.1, 0.15) is 15.4 Å². The van der Waals surface area contributed by atoms with E-state index in [1.165, 1.54) is 12.1 Å². The molecule has 1 atom stereocenters. The van der Waals surface area contributed by atoms with Crippen LogP contribution in [0, 0.1) is 6.92 Å². The summed E-state index contributed by atoms with van der Waals surface area (Å²) in [4.78, 5) is 19.8. The molecule has 1 aliphatic heterocycles. The molecular weight excluding hydrogens is 485 g/mol. The summed E-state index contributed by atoms with van der Waals surface area (Å²) in [6, 6.07) is 9.60. The lowest BCUT2D eigenvalue weighted by atomic mass is 10.1. The molecule has 1 saturated heterocycles. The molecule has 0 saturated carbocycles. The first-order valence-electron chi connectivity index (χ1n) is 10.9. The van der Waals surface area contributed by atoms with Crippen molar-refractivity contribution in [1.82, 2.24) is 9.88 Å². The number of nitrogens with zero attached hydrogens (tertiary/aromatic N) is 3. The second-order valence-corrected chi connectivity index (χ2v) is 9.44. The maximum atomic E-state index is 12.7. The Morgan fingerprint density at radius 3 is 2.63 bits per heavy atom. The van der Waals surface area contributed by atoms with Crippen LogP contribution >= 0.6 is 11.3 Å². The summed E-state index contributed by atoms with van der Waals surface area (Å²) in [5.74, 6) is -0.982. The molecular formula is C23H25F3N4O4S. The molecule has 1 aliphatic rings. The molecule has 12 heteroatoms. The number of thiazole rings is 1. The van der Waals surface area contributed by atoms with Crippen LogP contribution in [0.15, 0.2) is 36.4 Å². The maximum absolute atomic E-state index is 12.7. The molecule has 0 radical (unpaired) electrons. The van der Waals surface area contributed by atoms with Crippen molar-refractivity contribution < 1.29 is 32.5 Å². The summed E-state index contributed by atoms with van der Waals surface area (Å²) in [7, 11) is 0. The number of aliphatic hydroxyl groups excluding tert-OH is 1. The largest absolute Gasteiger partial charge is 0.573 e. The predicted octanol–water partition coefficient (Wildman–Crippen LogP) is 3.16. The van der Waals surface area contributed by atoms with Crippen LogP contribution in [0.5, 0.6) is 11.5 Å².